The molecule has 1 aromatic carbocycles. The first-order valence-electron chi connectivity index (χ1n) is 6.28. The third kappa shape index (κ3) is 2.94. The van der Waals surface area contributed by atoms with Crippen LogP contribution in [0.3, 0.4) is 0 Å². The van der Waals surface area contributed by atoms with Crippen molar-refractivity contribution in [1.29, 1.82) is 0 Å². The first kappa shape index (κ1) is 13.0. The largest absolute Gasteiger partial charge is 0.478 e. The smallest absolute Gasteiger partial charge is 0.335 e. The molecule has 6 heteroatoms. The molecule has 0 unspecified atom stereocenters. The van der Waals surface area contributed by atoms with E-state index in [-0.39, 0.29) is 5.56 Å². The number of benzene rings is 1. The molecule has 0 aliphatic carbocycles. The minimum Gasteiger partial charge on any atom is -0.478 e. The van der Waals surface area contributed by atoms with Crippen LogP contribution in [0.2, 0.25) is 0 Å². The minimum absolute atomic E-state index is 0.215. The maximum absolute atomic E-state index is 10.8. The Balaban J connectivity index is 1.80. The van der Waals surface area contributed by atoms with E-state index in [1.54, 1.807) is 18.3 Å². The Hall–Kier alpha value is -3.02. The number of aromatic nitrogens is 3. The number of hydrogen-bond donors (Lipinski definition) is 1. The summed E-state index contributed by atoms with van der Waals surface area (Å²) in [5, 5.41) is 12.8. The second-order valence-corrected chi connectivity index (χ2v) is 4.40. The molecule has 2 heterocycles. The first-order chi connectivity index (χ1) is 10.2. The predicted octanol–water partition coefficient (Wildman–Crippen LogP) is 2.42. The lowest BCUT2D eigenvalue weighted by molar-refractivity contribution is 0.0697. The zero-order valence-electron chi connectivity index (χ0n) is 10.9. The second-order valence-electron chi connectivity index (χ2n) is 4.40. The molecule has 0 atom stereocenters. The number of aromatic carboxylic acids is 1. The normalized spacial score (nSPS) is 10.5. The van der Waals surface area contributed by atoms with Crippen molar-refractivity contribution < 1.29 is 14.4 Å². The van der Waals surface area contributed by atoms with E-state index in [2.05, 4.69) is 15.1 Å². The predicted molar refractivity (Wildman–Crippen MR) is 73.7 cm³/mol. The van der Waals surface area contributed by atoms with Crippen molar-refractivity contribution in [1.82, 2.24) is 15.1 Å². The van der Waals surface area contributed by atoms with Crippen LogP contribution in [0.1, 0.15) is 21.9 Å². The summed E-state index contributed by atoms with van der Waals surface area (Å²) in [6.07, 6.45) is 2.19. The third-order valence-electron chi connectivity index (χ3n) is 2.91. The summed E-state index contributed by atoms with van der Waals surface area (Å²) < 4.78 is 5.19. The lowest BCUT2D eigenvalue weighted by Crippen LogP contribution is -1.95. The number of pyridine rings is 1. The monoisotopic (exact) mass is 281 g/mol. The fourth-order valence-corrected chi connectivity index (χ4v) is 1.86. The van der Waals surface area contributed by atoms with Crippen LogP contribution in [0.15, 0.2) is 53.2 Å². The zero-order chi connectivity index (χ0) is 14.7. The van der Waals surface area contributed by atoms with Crippen molar-refractivity contribution >= 4 is 5.97 Å². The highest BCUT2D eigenvalue weighted by atomic mass is 16.5. The van der Waals surface area contributed by atoms with Gasteiger partial charge in [0.15, 0.2) is 5.82 Å². The molecule has 0 saturated heterocycles. The van der Waals surface area contributed by atoms with E-state index >= 15 is 0 Å². The molecule has 6 nitrogen and oxygen atoms in total. The Kier molecular flexibility index (Phi) is 3.42. The van der Waals surface area contributed by atoms with Gasteiger partial charge in [0.2, 0.25) is 0 Å². The maximum atomic E-state index is 10.8. The zero-order valence-corrected chi connectivity index (χ0v) is 10.9. The summed E-state index contributed by atoms with van der Waals surface area (Å²) in [5.41, 5.74) is 1.75. The SMILES string of the molecule is O=C(O)c1ccc(-c2nc(Cc3ccccn3)no2)cc1. The summed E-state index contributed by atoms with van der Waals surface area (Å²) >= 11 is 0. The van der Waals surface area contributed by atoms with Crippen molar-refractivity contribution in [2.24, 2.45) is 0 Å². The molecule has 0 saturated carbocycles. The van der Waals surface area contributed by atoms with Gasteiger partial charge in [-0.25, -0.2) is 4.79 Å². The first-order valence-corrected chi connectivity index (χ1v) is 6.28. The van der Waals surface area contributed by atoms with Crippen LogP contribution in [0, 0.1) is 0 Å². The van der Waals surface area contributed by atoms with Gasteiger partial charge in [0, 0.05) is 17.5 Å². The standard InChI is InChI=1S/C15H11N3O3/c19-15(20)11-6-4-10(5-7-11)14-17-13(18-21-14)9-12-3-1-2-8-16-12/h1-8H,9H2,(H,19,20). The molecule has 2 aromatic heterocycles. The molecule has 21 heavy (non-hydrogen) atoms. The van der Waals surface area contributed by atoms with E-state index in [4.69, 9.17) is 9.63 Å². The van der Waals surface area contributed by atoms with Gasteiger partial charge in [-0.15, -0.1) is 0 Å². The summed E-state index contributed by atoms with van der Waals surface area (Å²) in [7, 11) is 0. The summed E-state index contributed by atoms with van der Waals surface area (Å²) in [5.74, 6) is -0.0770. The van der Waals surface area contributed by atoms with E-state index in [1.807, 2.05) is 18.2 Å². The van der Waals surface area contributed by atoms with Gasteiger partial charge < -0.3 is 9.63 Å². The van der Waals surface area contributed by atoms with Crippen molar-refractivity contribution in [2.45, 2.75) is 6.42 Å². The number of nitrogens with zero attached hydrogens (tertiary/aromatic N) is 3. The third-order valence-corrected chi connectivity index (χ3v) is 2.91. The number of carbonyl (C=O) groups is 1. The highest BCUT2D eigenvalue weighted by molar-refractivity contribution is 5.88. The summed E-state index contributed by atoms with van der Waals surface area (Å²) in [4.78, 5) is 19.3. The van der Waals surface area contributed by atoms with Gasteiger partial charge in [-0.2, -0.15) is 4.98 Å². The second kappa shape index (κ2) is 5.54. The average Bonchev–Trinajstić information content (AvgIpc) is 2.97. The highest BCUT2D eigenvalue weighted by Gasteiger charge is 2.10. The molecule has 104 valence electrons. The lowest BCUT2D eigenvalue weighted by atomic mass is 10.1. The molecule has 3 aromatic rings. The molecule has 0 fully saturated rings. The van der Waals surface area contributed by atoms with Gasteiger partial charge in [-0.05, 0) is 36.4 Å². The molecule has 0 spiro atoms. The van der Waals surface area contributed by atoms with E-state index < -0.39 is 5.97 Å². The van der Waals surface area contributed by atoms with Gasteiger partial charge in [-0.1, -0.05) is 11.2 Å². The Morgan fingerprint density at radius 2 is 1.95 bits per heavy atom. The van der Waals surface area contributed by atoms with E-state index in [0.717, 1.165) is 5.69 Å². The average molecular weight is 281 g/mol. The quantitative estimate of drug-likeness (QED) is 0.790. The van der Waals surface area contributed by atoms with Crippen LogP contribution in [-0.4, -0.2) is 26.2 Å². The van der Waals surface area contributed by atoms with Crippen molar-refractivity contribution in [3.05, 3.63) is 65.7 Å². The molecule has 0 aliphatic heterocycles. The van der Waals surface area contributed by atoms with Gasteiger partial charge in [0.05, 0.1) is 12.0 Å². The molecule has 0 radical (unpaired) electrons. The molecule has 0 bridgehead atoms. The molecular weight excluding hydrogens is 270 g/mol. The summed E-state index contributed by atoms with van der Waals surface area (Å²) in [6, 6.07) is 11.9. The van der Waals surface area contributed by atoms with Crippen molar-refractivity contribution in [3.63, 3.8) is 0 Å². The molecule has 0 aliphatic rings. The fraction of sp³-hybridized carbons (Fsp3) is 0.0667. The van der Waals surface area contributed by atoms with Crippen LogP contribution in [0.4, 0.5) is 0 Å². The Morgan fingerprint density at radius 3 is 2.62 bits per heavy atom. The van der Waals surface area contributed by atoms with Crippen LogP contribution in [0.25, 0.3) is 11.5 Å². The molecule has 1 N–H and O–H groups in total. The van der Waals surface area contributed by atoms with E-state index in [0.29, 0.717) is 23.7 Å². The summed E-state index contributed by atoms with van der Waals surface area (Å²) in [6.45, 7) is 0. The highest BCUT2D eigenvalue weighted by Crippen LogP contribution is 2.18. The van der Waals surface area contributed by atoms with Gasteiger partial charge in [0.1, 0.15) is 0 Å². The van der Waals surface area contributed by atoms with Crippen LogP contribution in [0.5, 0.6) is 0 Å². The number of carboxylic acid groups (broad SMARTS) is 1. The number of rotatable bonds is 4. The van der Waals surface area contributed by atoms with E-state index in [9.17, 15) is 4.79 Å². The van der Waals surface area contributed by atoms with Gasteiger partial charge in [-0.3, -0.25) is 4.98 Å². The minimum atomic E-state index is -0.970. The Bertz CT molecular complexity index is 751. The molecule has 0 amide bonds. The number of carboxylic acids is 1. The van der Waals surface area contributed by atoms with Crippen molar-refractivity contribution in [2.75, 3.05) is 0 Å². The maximum Gasteiger partial charge on any atom is 0.335 e. The Morgan fingerprint density at radius 1 is 1.14 bits per heavy atom. The van der Waals surface area contributed by atoms with E-state index in [1.165, 1.54) is 12.1 Å². The molecular formula is C15H11N3O3. The molecule has 3 rings (SSSR count). The van der Waals surface area contributed by atoms with Gasteiger partial charge in [0.25, 0.3) is 5.89 Å². The fourth-order valence-electron chi connectivity index (χ4n) is 1.86. The van der Waals surface area contributed by atoms with Crippen LogP contribution in [-0.2, 0) is 6.42 Å². The van der Waals surface area contributed by atoms with Gasteiger partial charge >= 0.3 is 5.97 Å². The van der Waals surface area contributed by atoms with Crippen LogP contribution >= 0.6 is 0 Å². The van der Waals surface area contributed by atoms with Crippen LogP contribution < -0.4 is 0 Å². The lowest BCUT2D eigenvalue weighted by Gasteiger charge is -1.96. The van der Waals surface area contributed by atoms with Crippen molar-refractivity contribution in [3.8, 4) is 11.5 Å². The Labute approximate surface area is 120 Å². The number of hydrogen-bond acceptors (Lipinski definition) is 5. The topological polar surface area (TPSA) is 89.1 Å².